The number of carboxylic acid groups (broad SMARTS) is 1. The molecule has 21 heavy (non-hydrogen) atoms. The van der Waals surface area contributed by atoms with Crippen molar-refractivity contribution in [3.8, 4) is 0 Å². The van der Waals surface area contributed by atoms with Crippen LogP contribution in [0, 0.1) is 0 Å². The molecule has 1 unspecified atom stereocenters. The number of hydrogen-bond donors (Lipinski definition) is 1. The van der Waals surface area contributed by atoms with E-state index >= 15 is 0 Å². The lowest BCUT2D eigenvalue weighted by atomic mass is 10.2. The zero-order valence-electron chi connectivity index (χ0n) is 12.2. The minimum Gasteiger partial charge on any atom is -0.478 e. The van der Waals surface area contributed by atoms with Crippen molar-refractivity contribution in [3.63, 3.8) is 0 Å². The maximum atomic E-state index is 11.4. The van der Waals surface area contributed by atoms with Gasteiger partial charge in [0.1, 0.15) is 11.3 Å². The number of aryl methyl sites for hydroxylation is 1. The third-order valence-corrected chi connectivity index (χ3v) is 5.35. The normalized spacial score (nSPS) is 18.4. The van der Waals surface area contributed by atoms with E-state index in [4.69, 9.17) is 0 Å². The predicted octanol–water partition coefficient (Wildman–Crippen LogP) is 3.58. The Labute approximate surface area is 128 Å². The van der Waals surface area contributed by atoms with Crippen LogP contribution in [0.25, 0.3) is 11.0 Å². The van der Waals surface area contributed by atoms with Gasteiger partial charge in [-0.3, -0.25) is 0 Å². The monoisotopic (exact) mass is 304 g/mol. The summed E-state index contributed by atoms with van der Waals surface area (Å²) in [6, 6.07) is 5.46. The topological polar surface area (TPSA) is 55.1 Å². The third kappa shape index (κ3) is 2.79. The van der Waals surface area contributed by atoms with Crippen molar-refractivity contribution < 1.29 is 9.90 Å². The number of hydrogen-bond acceptors (Lipinski definition) is 3. The predicted molar refractivity (Wildman–Crippen MR) is 86.2 cm³/mol. The molecule has 1 atom stereocenters. The molecule has 0 radical (unpaired) electrons. The van der Waals surface area contributed by atoms with E-state index in [2.05, 4.69) is 16.5 Å². The fourth-order valence-electron chi connectivity index (χ4n) is 2.98. The lowest BCUT2D eigenvalue weighted by molar-refractivity contribution is 0.0699. The Balaban J connectivity index is 2.08. The zero-order chi connectivity index (χ0) is 14.8. The summed E-state index contributed by atoms with van der Waals surface area (Å²) < 4.78 is 2.24. The van der Waals surface area contributed by atoms with Crippen LogP contribution >= 0.6 is 11.8 Å². The van der Waals surface area contributed by atoms with Crippen LogP contribution in [0.3, 0.4) is 0 Å². The molecule has 1 aliphatic rings. The molecule has 5 heteroatoms. The molecule has 1 saturated heterocycles. The molecule has 0 bridgehead atoms. The average Bonchev–Trinajstić information content (AvgIpc) is 3.08. The molecule has 1 aromatic carbocycles. The summed E-state index contributed by atoms with van der Waals surface area (Å²) >= 11 is 2.02. The van der Waals surface area contributed by atoms with Crippen molar-refractivity contribution in [2.45, 2.75) is 44.4 Å². The lowest BCUT2D eigenvalue weighted by Crippen LogP contribution is -2.12. The van der Waals surface area contributed by atoms with Gasteiger partial charge in [0, 0.05) is 18.2 Å². The second kappa shape index (κ2) is 6.10. The van der Waals surface area contributed by atoms with Crippen LogP contribution in [0.2, 0.25) is 0 Å². The number of aromatic carboxylic acids is 1. The van der Waals surface area contributed by atoms with Crippen LogP contribution in [0.5, 0.6) is 0 Å². The first-order valence-corrected chi connectivity index (χ1v) is 8.58. The van der Waals surface area contributed by atoms with Crippen molar-refractivity contribution in [2.24, 2.45) is 0 Å². The Hall–Kier alpha value is -1.49. The lowest BCUT2D eigenvalue weighted by Gasteiger charge is -2.13. The summed E-state index contributed by atoms with van der Waals surface area (Å²) in [6.45, 7) is 3.08. The zero-order valence-corrected chi connectivity index (χ0v) is 13.0. The van der Waals surface area contributed by atoms with E-state index in [-0.39, 0.29) is 0 Å². The SMILES string of the molecule is CCCc1nc2c(C(=O)O)cccc2n1CC1CCCS1. The van der Waals surface area contributed by atoms with Crippen molar-refractivity contribution in [2.75, 3.05) is 5.75 Å². The van der Waals surface area contributed by atoms with Crippen LogP contribution < -0.4 is 0 Å². The number of carboxylic acids is 1. The summed E-state index contributed by atoms with van der Waals surface area (Å²) in [7, 11) is 0. The minimum atomic E-state index is -0.900. The number of carbonyl (C=O) groups is 1. The van der Waals surface area contributed by atoms with Crippen molar-refractivity contribution in [1.29, 1.82) is 0 Å². The second-order valence-electron chi connectivity index (χ2n) is 5.50. The number of thioether (sulfide) groups is 1. The van der Waals surface area contributed by atoms with Crippen molar-refractivity contribution in [3.05, 3.63) is 29.6 Å². The van der Waals surface area contributed by atoms with E-state index in [1.807, 2.05) is 23.9 Å². The smallest absolute Gasteiger partial charge is 0.337 e. The highest BCUT2D eigenvalue weighted by atomic mass is 32.2. The number of para-hydroxylation sites is 1. The number of aromatic nitrogens is 2. The third-order valence-electron chi connectivity index (χ3n) is 3.97. The van der Waals surface area contributed by atoms with E-state index < -0.39 is 5.97 Å². The molecular weight excluding hydrogens is 284 g/mol. The number of fused-ring (bicyclic) bond motifs is 1. The van der Waals surface area contributed by atoms with Crippen LogP contribution in [-0.4, -0.2) is 31.6 Å². The molecule has 0 aliphatic carbocycles. The van der Waals surface area contributed by atoms with Gasteiger partial charge in [-0.15, -0.1) is 0 Å². The highest BCUT2D eigenvalue weighted by molar-refractivity contribution is 8.00. The van der Waals surface area contributed by atoms with E-state index in [0.29, 0.717) is 16.3 Å². The first kappa shape index (κ1) is 14.4. The molecule has 2 aromatic rings. The largest absolute Gasteiger partial charge is 0.478 e. The summed E-state index contributed by atoms with van der Waals surface area (Å²) in [5, 5.41) is 9.97. The number of imidazole rings is 1. The van der Waals surface area contributed by atoms with Gasteiger partial charge in [-0.05, 0) is 37.1 Å². The second-order valence-corrected chi connectivity index (χ2v) is 6.91. The number of rotatable bonds is 5. The fraction of sp³-hybridized carbons (Fsp3) is 0.500. The standard InChI is InChI=1S/C16H20N2O2S/c1-2-5-14-17-15-12(16(19)20)7-3-8-13(15)18(14)10-11-6-4-9-21-11/h3,7-8,11H,2,4-6,9-10H2,1H3,(H,19,20). The molecule has 4 nitrogen and oxygen atoms in total. The Morgan fingerprint density at radius 3 is 3.05 bits per heavy atom. The summed E-state index contributed by atoms with van der Waals surface area (Å²) in [6.07, 6.45) is 4.44. The van der Waals surface area contributed by atoms with Gasteiger partial charge in [0.25, 0.3) is 0 Å². The van der Waals surface area contributed by atoms with Gasteiger partial charge in [-0.2, -0.15) is 11.8 Å². The van der Waals surface area contributed by atoms with Gasteiger partial charge >= 0.3 is 5.97 Å². The first-order valence-electron chi connectivity index (χ1n) is 7.53. The number of benzene rings is 1. The van der Waals surface area contributed by atoms with Crippen LogP contribution in [0.15, 0.2) is 18.2 Å². The summed E-state index contributed by atoms with van der Waals surface area (Å²) in [5.74, 6) is 1.36. The Bertz CT molecular complexity index is 660. The van der Waals surface area contributed by atoms with Crippen LogP contribution in [0.1, 0.15) is 42.4 Å². The molecule has 3 rings (SSSR count). The van der Waals surface area contributed by atoms with Gasteiger partial charge in [0.05, 0.1) is 11.1 Å². The maximum Gasteiger partial charge on any atom is 0.337 e. The Morgan fingerprint density at radius 2 is 2.38 bits per heavy atom. The number of nitrogens with zero attached hydrogens (tertiary/aromatic N) is 2. The van der Waals surface area contributed by atoms with E-state index in [1.165, 1.54) is 18.6 Å². The van der Waals surface area contributed by atoms with Gasteiger partial charge in [-0.1, -0.05) is 13.0 Å². The molecule has 2 heterocycles. The highest BCUT2D eigenvalue weighted by Crippen LogP contribution is 2.30. The molecule has 1 aliphatic heterocycles. The van der Waals surface area contributed by atoms with Crippen molar-refractivity contribution >= 4 is 28.8 Å². The minimum absolute atomic E-state index is 0.308. The summed E-state index contributed by atoms with van der Waals surface area (Å²) in [5.41, 5.74) is 1.91. The highest BCUT2D eigenvalue weighted by Gasteiger charge is 2.21. The van der Waals surface area contributed by atoms with Crippen molar-refractivity contribution in [1.82, 2.24) is 9.55 Å². The van der Waals surface area contributed by atoms with E-state index in [0.717, 1.165) is 30.7 Å². The quantitative estimate of drug-likeness (QED) is 0.917. The molecular formula is C16H20N2O2S. The maximum absolute atomic E-state index is 11.4. The molecule has 112 valence electrons. The Kier molecular flexibility index (Phi) is 4.19. The Morgan fingerprint density at radius 1 is 1.52 bits per heavy atom. The van der Waals surface area contributed by atoms with Gasteiger partial charge in [0.2, 0.25) is 0 Å². The summed E-state index contributed by atoms with van der Waals surface area (Å²) in [4.78, 5) is 16.0. The molecule has 1 aromatic heterocycles. The van der Waals surface area contributed by atoms with Gasteiger partial charge in [0.15, 0.2) is 0 Å². The van der Waals surface area contributed by atoms with Crippen LogP contribution in [0.4, 0.5) is 0 Å². The van der Waals surface area contributed by atoms with Crippen LogP contribution in [-0.2, 0) is 13.0 Å². The van der Waals surface area contributed by atoms with Gasteiger partial charge < -0.3 is 9.67 Å². The van der Waals surface area contributed by atoms with E-state index in [1.54, 1.807) is 6.07 Å². The molecule has 0 amide bonds. The first-order chi connectivity index (χ1) is 10.2. The molecule has 0 spiro atoms. The molecule has 0 saturated carbocycles. The molecule has 1 fully saturated rings. The molecule has 1 N–H and O–H groups in total. The van der Waals surface area contributed by atoms with E-state index in [9.17, 15) is 9.90 Å². The van der Waals surface area contributed by atoms with Gasteiger partial charge in [-0.25, -0.2) is 9.78 Å². The fourth-order valence-corrected chi connectivity index (χ4v) is 4.23. The average molecular weight is 304 g/mol.